The molecule has 1 aromatic carbocycles. The van der Waals surface area contributed by atoms with E-state index in [0.717, 1.165) is 5.69 Å². The van der Waals surface area contributed by atoms with Gasteiger partial charge in [0.1, 0.15) is 5.75 Å². The number of benzene rings is 1. The second-order valence-corrected chi connectivity index (χ2v) is 4.55. The molecule has 0 unspecified atom stereocenters. The molecule has 110 valence electrons. The Balaban J connectivity index is 2.17. The predicted molar refractivity (Wildman–Crippen MR) is 79.0 cm³/mol. The Morgan fingerprint density at radius 2 is 2.24 bits per heavy atom. The largest absolute Gasteiger partial charge is 0.477 e. The minimum atomic E-state index is -0.648. The zero-order chi connectivity index (χ0) is 15.2. The molecule has 2 amide bonds. The molecular weight excluding hydrogens is 270 g/mol. The number of hydrogen-bond acceptors (Lipinski definition) is 4. The van der Waals surface area contributed by atoms with E-state index in [4.69, 9.17) is 11.2 Å². The molecule has 0 aliphatic carbocycles. The van der Waals surface area contributed by atoms with Crippen molar-refractivity contribution in [3.05, 3.63) is 24.3 Å². The van der Waals surface area contributed by atoms with Crippen molar-refractivity contribution in [1.29, 1.82) is 0 Å². The Bertz CT molecular complexity index is 580. The third-order valence-corrected chi connectivity index (χ3v) is 3.12. The highest BCUT2D eigenvalue weighted by molar-refractivity contribution is 5.86. The molecule has 1 aliphatic heterocycles. The lowest BCUT2D eigenvalue weighted by atomic mass is 10.1. The fourth-order valence-corrected chi connectivity index (χ4v) is 2.13. The van der Waals surface area contributed by atoms with Crippen LogP contribution in [0.5, 0.6) is 5.75 Å². The Labute approximate surface area is 123 Å². The summed E-state index contributed by atoms with van der Waals surface area (Å²) in [6.45, 7) is 0.611. The van der Waals surface area contributed by atoms with Gasteiger partial charge in [-0.15, -0.1) is 6.42 Å². The van der Waals surface area contributed by atoms with Crippen LogP contribution in [0.3, 0.4) is 0 Å². The average Bonchev–Trinajstić information content (AvgIpc) is 2.52. The van der Waals surface area contributed by atoms with Crippen LogP contribution < -0.4 is 20.3 Å². The number of hydrogen-bond donors (Lipinski definition) is 2. The maximum atomic E-state index is 11.8. The fraction of sp³-hybridized carbons (Fsp3) is 0.333. The summed E-state index contributed by atoms with van der Waals surface area (Å²) < 4.78 is 5.66. The van der Waals surface area contributed by atoms with Gasteiger partial charge in [0.2, 0.25) is 5.91 Å². The van der Waals surface area contributed by atoms with Gasteiger partial charge < -0.3 is 20.3 Å². The number of nitrogens with zero attached hydrogens (tertiary/aromatic N) is 1. The smallest absolute Gasteiger partial charge is 0.262 e. The van der Waals surface area contributed by atoms with Gasteiger partial charge in [-0.2, -0.15) is 0 Å². The van der Waals surface area contributed by atoms with E-state index < -0.39 is 6.10 Å². The highest BCUT2D eigenvalue weighted by atomic mass is 16.5. The molecule has 1 atom stereocenters. The normalized spacial score (nSPS) is 16.2. The summed E-state index contributed by atoms with van der Waals surface area (Å²) in [6, 6.07) is 7.30. The number of para-hydroxylation sites is 2. The Kier molecular flexibility index (Phi) is 4.67. The molecule has 0 bridgehead atoms. The van der Waals surface area contributed by atoms with Crippen LogP contribution in [0, 0.1) is 12.3 Å². The van der Waals surface area contributed by atoms with Gasteiger partial charge in [0, 0.05) is 7.05 Å². The molecule has 2 rings (SSSR count). The highest BCUT2D eigenvalue weighted by Crippen LogP contribution is 2.32. The number of rotatable bonds is 4. The van der Waals surface area contributed by atoms with E-state index in [2.05, 4.69) is 16.6 Å². The molecule has 6 nitrogen and oxygen atoms in total. The zero-order valence-corrected chi connectivity index (χ0v) is 11.8. The van der Waals surface area contributed by atoms with Gasteiger partial charge in [-0.25, -0.2) is 0 Å². The number of likely N-dealkylation sites (N-methyl/N-ethyl adjacent to an activating group) is 1. The van der Waals surface area contributed by atoms with Crippen molar-refractivity contribution in [2.24, 2.45) is 0 Å². The SMILES string of the molecule is C#CCNC(=O)CN1C[C@H](C(=O)NC)Oc2ccccc21. The van der Waals surface area contributed by atoms with Crippen LogP contribution in [0.15, 0.2) is 24.3 Å². The number of carbonyl (C=O) groups is 2. The van der Waals surface area contributed by atoms with Gasteiger partial charge in [-0.1, -0.05) is 18.1 Å². The molecule has 1 aliphatic rings. The van der Waals surface area contributed by atoms with Crippen LogP contribution in [-0.2, 0) is 9.59 Å². The minimum absolute atomic E-state index is 0.121. The molecule has 1 aromatic rings. The van der Waals surface area contributed by atoms with Gasteiger partial charge in [-0.3, -0.25) is 9.59 Å². The summed E-state index contributed by atoms with van der Waals surface area (Å²) in [7, 11) is 1.55. The number of ether oxygens (including phenoxy) is 1. The van der Waals surface area contributed by atoms with Crippen molar-refractivity contribution in [2.45, 2.75) is 6.10 Å². The minimum Gasteiger partial charge on any atom is -0.477 e. The van der Waals surface area contributed by atoms with E-state index in [1.54, 1.807) is 13.1 Å². The number of fused-ring (bicyclic) bond motifs is 1. The first-order chi connectivity index (χ1) is 10.2. The summed E-state index contributed by atoms with van der Waals surface area (Å²) in [5.74, 6) is 2.52. The molecule has 0 spiro atoms. The van der Waals surface area contributed by atoms with Crippen LogP contribution in [0.1, 0.15) is 0 Å². The van der Waals surface area contributed by atoms with E-state index in [1.165, 1.54) is 0 Å². The third kappa shape index (κ3) is 3.45. The van der Waals surface area contributed by atoms with Crippen molar-refractivity contribution in [3.63, 3.8) is 0 Å². The van der Waals surface area contributed by atoms with E-state index in [0.29, 0.717) is 12.3 Å². The number of terminal acetylenes is 1. The van der Waals surface area contributed by atoms with Crippen LogP contribution in [-0.4, -0.2) is 44.6 Å². The maximum absolute atomic E-state index is 11.8. The quantitative estimate of drug-likeness (QED) is 0.749. The van der Waals surface area contributed by atoms with Crippen LogP contribution in [0.2, 0.25) is 0 Å². The van der Waals surface area contributed by atoms with E-state index >= 15 is 0 Å². The van der Waals surface area contributed by atoms with Crippen LogP contribution >= 0.6 is 0 Å². The molecule has 1 heterocycles. The second-order valence-electron chi connectivity index (χ2n) is 4.55. The lowest BCUT2D eigenvalue weighted by Crippen LogP contribution is -2.50. The first kappa shape index (κ1) is 14.7. The van der Waals surface area contributed by atoms with E-state index in [1.807, 2.05) is 23.1 Å². The first-order valence-electron chi connectivity index (χ1n) is 6.58. The molecule has 21 heavy (non-hydrogen) atoms. The standard InChI is InChI=1S/C15H17N3O3/c1-3-8-17-14(19)10-18-9-13(15(20)16-2)21-12-7-5-4-6-11(12)18/h1,4-7,13H,8-10H2,2H3,(H,16,20)(H,17,19)/t13-/m1/s1. The average molecular weight is 287 g/mol. The second kappa shape index (κ2) is 6.66. The summed E-state index contributed by atoms with van der Waals surface area (Å²) in [5.41, 5.74) is 0.786. The van der Waals surface area contributed by atoms with Crippen molar-refractivity contribution >= 4 is 17.5 Å². The monoisotopic (exact) mass is 287 g/mol. The van der Waals surface area contributed by atoms with Gasteiger partial charge in [0.25, 0.3) is 5.91 Å². The van der Waals surface area contributed by atoms with E-state index in [9.17, 15) is 9.59 Å². The third-order valence-electron chi connectivity index (χ3n) is 3.12. The maximum Gasteiger partial charge on any atom is 0.262 e. The summed E-state index contributed by atoms with van der Waals surface area (Å²) in [6.07, 6.45) is 4.47. The Morgan fingerprint density at radius 3 is 2.95 bits per heavy atom. The van der Waals surface area contributed by atoms with Crippen molar-refractivity contribution in [1.82, 2.24) is 10.6 Å². The molecule has 0 fully saturated rings. The summed E-state index contributed by atoms with van der Waals surface area (Å²) >= 11 is 0. The predicted octanol–water partition coefficient (Wildman–Crippen LogP) is -0.251. The fourth-order valence-electron chi connectivity index (χ4n) is 2.13. The van der Waals surface area contributed by atoms with Crippen LogP contribution in [0.25, 0.3) is 0 Å². The molecule has 2 N–H and O–H groups in total. The number of carbonyl (C=O) groups excluding carboxylic acids is 2. The molecule has 0 aromatic heterocycles. The molecular formula is C15H17N3O3. The number of amides is 2. The van der Waals surface area contributed by atoms with E-state index in [-0.39, 0.29) is 24.9 Å². The lowest BCUT2D eigenvalue weighted by Gasteiger charge is -2.34. The highest BCUT2D eigenvalue weighted by Gasteiger charge is 2.30. The molecule has 0 radical (unpaired) electrons. The van der Waals surface area contributed by atoms with Crippen molar-refractivity contribution in [3.8, 4) is 18.1 Å². The molecule has 6 heteroatoms. The van der Waals surface area contributed by atoms with Crippen LogP contribution in [0.4, 0.5) is 5.69 Å². The van der Waals surface area contributed by atoms with Gasteiger partial charge >= 0.3 is 0 Å². The van der Waals surface area contributed by atoms with Gasteiger partial charge in [-0.05, 0) is 12.1 Å². The van der Waals surface area contributed by atoms with Gasteiger partial charge in [0.05, 0.1) is 25.3 Å². The molecule has 0 saturated carbocycles. The number of anilines is 1. The first-order valence-corrected chi connectivity index (χ1v) is 6.58. The zero-order valence-electron chi connectivity index (χ0n) is 11.8. The summed E-state index contributed by atoms with van der Waals surface area (Å²) in [5, 5.41) is 5.17. The van der Waals surface area contributed by atoms with Gasteiger partial charge in [0.15, 0.2) is 6.10 Å². The Morgan fingerprint density at radius 1 is 1.48 bits per heavy atom. The Hall–Kier alpha value is -2.68. The summed E-state index contributed by atoms with van der Waals surface area (Å²) in [4.78, 5) is 25.4. The topological polar surface area (TPSA) is 70.7 Å². The number of nitrogens with one attached hydrogen (secondary N) is 2. The van der Waals surface area contributed by atoms with Crippen molar-refractivity contribution in [2.75, 3.05) is 31.6 Å². The lowest BCUT2D eigenvalue weighted by molar-refractivity contribution is -0.127. The van der Waals surface area contributed by atoms with Crippen molar-refractivity contribution < 1.29 is 14.3 Å². The molecule has 0 saturated heterocycles.